The van der Waals surface area contributed by atoms with Crippen LogP contribution in [0.15, 0.2) is 45.9 Å². The number of carbonyl (C=O) groups excluding carboxylic acids is 2. The molecule has 0 bridgehead atoms. The molecule has 7 nitrogen and oxygen atoms in total. The average molecular weight is 339 g/mol. The number of furan rings is 1. The van der Waals surface area contributed by atoms with Gasteiger partial charge in [-0.2, -0.15) is 5.10 Å². The molecule has 0 aliphatic rings. The van der Waals surface area contributed by atoms with Crippen LogP contribution >= 0.6 is 0 Å². The maximum absolute atomic E-state index is 12.2. The van der Waals surface area contributed by atoms with E-state index >= 15 is 0 Å². The number of ether oxygens (including phenoxy) is 1. The molecule has 0 aliphatic heterocycles. The molecule has 0 fully saturated rings. The number of rotatable bonds is 6. The smallest absolute Gasteiger partial charge is 0.230 e. The maximum Gasteiger partial charge on any atom is 0.230 e. The van der Waals surface area contributed by atoms with Crippen LogP contribution in [0, 0.1) is 0 Å². The third-order valence-electron chi connectivity index (χ3n) is 3.70. The molecule has 1 heterocycles. The van der Waals surface area contributed by atoms with Crippen molar-refractivity contribution in [2.75, 3.05) is 12.4 Å². The summed E-state index contributed by atoms with van der Waals surface area (Å²) in [5.74, 6) is 0.260. The molecule has 2 N–H and O–H groups in total. The van der Waals surface area contributed by atoms with Crippen molar-refractivity contribution in [1.29, 1.82) is 0 Å². The Hall–Kier alpha value is -3.35. The number of para-hydroxylation sites is 1. The summed E-state index contributed by atoms with van der Waals surface area (Å²) < 4.78 is 11.2. The summed E-state index contributed by atoms with van der Waals surface area (Å²) in [6.45, 7) is 1.65. The highest BCUT2D eigenvalue weighted by atomic mass is 16.5. The predicted octanol–water partition coefficient (Wildman–Crippen LogP) is 3.05. The number of nitrogens with one attached hydrogen (secondary N) is 2. The summed E-state index contributed by atoms with van der Waals surface area (Å²) in [6, 6.07) is 11.3. The summed E-state index contributed by atoms with van der Waals surface area (Å²) in [7, 11) is 1.54. The van der Waals surface area contributed by atoms with Gasteiger partial charge in [-0.1, -0.05) is 18.2 Å². The second-order valence-corrected chi connectivity index (χ2v) is 5.47. The Bertz CT molecular complexity index is 975. The molecule has 0 unspecified atom stereocenters. The van der Waals surface area contributed by atoms with Crippen molar-refractivity contribution in [1.82, 2.24) is 5.43 Å². The van der Waals surface area contributed by atoms with E-state index in [-0.39, 0.29) is 12.3 Å². The van der Waals surface area contributed by atoms with Crippen LogP contribution in [-0.4, -0.2) is 25.1 Å². The lowest BCUT2D eigenvalue weighted by molar-refractivity contribution is -0.115. The number of anilines is 1. The first-order chi connectivity index (χ1) is 12.1. The quantitative estimate of drug-likeness (QED) is 0.410. The normalized spacial score (nSPS) is 11.5. The van der Waals surface area contributed by atoms with E-state index in [1.807, 2.05) is 30.3 Å². The monoisotopic (exact) mass is 339 g/mol. The summed E-state index contributed by atoms with van der Waals surface area (Å²) in [5.41, 5.74) is 4.58. The van der Waals surface area contributed by atoms with Crippen LogP contribution in [0.4, 0.5) is 5.69 Å². The number of hydrogen-bond acceptors (Lipinski definition) is 5. The van der Waals surface area contributed by atoms with Gasteiger partial charge in [-0.05, 0) is 19.1 Å². The third kappa shape index (κ3) is 3.45. The lowest BCUT2D eigenvalue weighted by Gasteiger charge is -2.10. The molecule has 7 heteroatoms. The fourth-order valence-electron chi connectivity index (χ4n) is 2.62. The molecule has 25 heavy (non-hydrogen) atoms. The lowest BCUT2D eigenvalue weighted by atomic mass is 10.1. The Morgan fingerprint density at radius 3 is 2.80 bits per heavy atom. The molecule has 0 saturated heterocycles. The highest BCUT2D eigenvalue weighted by Crippen LogP contribution is 2.36. The van der Waals surface area contributed by atoms with Crippen LogP contribution in [0.2, 0.25) is 0 Å². The van der Waals surface area contributed by atoms with Gasteiger partial charge < -0.3 is 14.5 Å². The molecule has 0 radical (unpaired) electrons. The Balaban J connectivity index is 1.91. The highest BCUT2D eigenvalue weighted by Gasteiger charge is 2.14. The summed E-state index contributed by atoms with van der Waals surface area (Å²) in [5, 5.41) is 8.42. The molecular formula is C18H17N3O4. The predicted molar refractivity (Wildman–Crippen MR) is 95.8 cm³/mol. The van der Waals surface area contributed by atoms with Gasteiger partial charge in [-0.3, -0.25) is 9.59 Å². The first-order valence-electron chi connectivity index (χ1n) is 7.64. The zero-order valence-electron chi connectivity index (χ0n) is 13.8. The topological polar surface area (TPSA) is 92.9 Å². The van der Waals surface area contributed by atoms with E-state index in [1.54, 1.807) is 20.1 Å². The molecule has 2 aromatic carbocycles. The van der Waals surface area contributed by atoms with Gasteiger partial charge in [0.1, 0.15) is 16.9 Å². The van der Waals surface area contributed by atoms with Gasteiger partial charge in [0.25, 0.3) is 0 Å². The van der Waals surface area contributed by atoms with Crippen LogP contribution in [-0.2, 0) is 9.59 Å². The first-order valence-corrected chi connectivity index (χ1v) is 7.64. The molecule has 128 valence electrons. The largest absolute Gasteiger partial charge is 0.495 e. The van der Waals surface area contributed by atoms with Gasteiger partial charge in [-0.25, -0.2) is 5.43 Å². The Kier molecular flexibility index (Phi) is 4.65. The van der Waals surface area contributed by atoms with Crippen molar-refractivity contribution in [2.45, 2.75) is 13.3 Å². The van der Waals surface area contributed by atoms with Gasteiger partial charge in [0.15, 0.2) is 0 Å². The highest BCUT2D eigenvalue weighted by molar-refractivity contribution is 6.10. The molecule has 0 spiro atoms. The molecule has 3 rings (SSSR count). The van der Waals surface area contributed by atoms with E-state index in [2.05, 4.69) is 15.8 Å². The lowest BCUT2D eigenvalue weighted by Crippen LogP contribution is -2.17. The van der Waals surface area contributed by atoms with Crippen LogP contribution in [0.3, 0.4) is 0 Å². The second kappa shape index (κ2) is 7.04. The van der Waals surface area contributed by atoms with Gasteiger partial charge in [0.05, 0.1) is 19.2 Å². The molecular weight excluding hydrogens is 322 g/mol. The number of hydrogen-bond donors (Lipinski definition) is 2. The number of methoxy groups -OCH3 is 1. The zero-order valence-corrected chi connectivity index (χ0v) is 13.8. The Morgan fingerprint density at radius 1 is 1.24 bits per heavy atom. The van der Waals surface area contributed by atoms with E-state index in [0.717, 1.165) is 16.4 Å². The second-order valence-electron chi connectivity index (χ2n) is 5.47. The van der Waals surface area contributed by atoms with E-state index in [0.29, 0.717) is 29.1 Å². The molecule has 0 saturated carbocycles. The van der Waals surface area contributed by atoms with Crippen molar-refractivity contribution in [3.05, 3.63) is 36.4 Å². The SMILES string of the molecule is COc1cc2c(cc1NC(=O)C/C(C)=N\NC=O)oc1ccccc12. The summed E-state index contributed by atoms with van der Waals surface area (Å²) in [4.78, 5) is 22.4. The fraction of sp³-hybridized carbons (Fsp3) is 0.167. The van der Waals surface area contributed by atoms with E-state index in [9.17, 15) is 9.59 Å². The number of amides is 2. The average Bonchev–Trinajstić information content (AvgIpc) is 2.96. The number of nitrogens with zero attached hydrogens (tertiary/aromatic N) is 1. The maximum atomic E-state index is 12.2. The van der Waals surface area contributed by atoms with Gasteiger partial charge >= 0.3 is 0 Å². The van der Waals surface area contributed by atoms with Crippen LogP contribution in [0.25, 0.3) is 21.9 Å². The van der Waals surface area contributed by atoms with Crippen LogP contribution in [0.5, 0.6) is 5.75 Å². The molecule has 2 amide bonds. The van der Waals surface area contributed by atoms with E-state index < -0.39 is 0 Å². The molecule has 1 aromatic heterocycles. The number of hydrazone groups is 1. The zero-order chi connectivity index (χ0) is 17.8. The molecule has 0 aliphatic carbocycles. The van der Waals surface area contributed by atoms with E-state index in [4.69, 9.17) is 9.15 Å². The van der Waals surface area contributed by atoms with Crippen molar-refractivity contribution < 1.29 is 18.7 Å². The van der Waals surface area contributed by atoms with Gasteiger partial charge in [0, 0.05) is 22.6 Å². The van der Waals surface area contributed by atoms with Crippen molar-refractivity contribution in [3.8, 4) is 5.75 Å². The first kappa shape index (κ1) is 16.5. The van der Waals surface area contributed by atoms with Crippen LogP contribution < -0.4 is 15.5 Å². The number of fused-ring (bicyclic) bond motifs is 3. The van der Waals surface area contributed by atoms with Gasteiger partial charge in [0.2, 0.25) is 12.3 Å². The Morgan fingerprint density at radius 2 is 2.04 bits per heavy atom. The van der Waals surface area contributed by atoms with E-state index in [1.165, 1.54) is 0 Å². The number of benzene rings is 2. The molecule has 3 aromatic rings. The minimum absolute atomic E-state index is 0.0438. The van der Waals surface area contributed by atoms with Crippen molar-refractivity contribution in [2.24, 2.45) is 5.10 Å². The number of carbonyl (C=O) groups is 2. The molecule has 0 atom stereocenters. The fourth-order valence-corrected chi connectivity index (χ4v) is 2.62. The standard InChI is InChI=1S/C18H17N3O4/c1-11(21-19-10-22)7-18(23)20-14-9-16-13(8-17(14)24-2)12-5-3-4-6-15(12)25-16/h3-6,8-10H,7H2,1-2H3,(H,19,22)(H,20,23)/b21-11-. The van der Waals surface area contributed by atoms with Crippen molar-refractivity contribution in [3.63, 3.8) is 0 Å². The Labute approximate surface area is 143 Å². The summed E-state index contributed by atoms with van der Waals surface area (Å²) >= 11 is 0. The van der Waals surface area contributed by atoms with Crippen molar-refractivity contribution >= 4 is 45.7 Å². The third-order valence-corrected chi connectivity index (χ3v) is 3.70. The summed E-state index contributed by atoms with van der Waals surface area (Å²) in [6.07, 6.45) is 0.488. The van der Waals surface area contributed by atoms with Gasteiger partial charge in [-0.15, -0.1) is 0 Å². The minimum Gasteiger partial charge on any atom is -0.495 e. The minimum atomic E-state index is -0.275. The van der Waals surface area contributed by atoms with Crippen LogP contribution in [0.1, 0.15) is 13.3 Å².